The summed E-state index contributed by atoms with van der Waals surface area (Å²) in [5.41, 5.74) is 2.31. The Balaban J connectivity index is 1.23. The van der Waals surface area contributed by atoms with Crippen LogP contribution in [0.5, 0.6) is 0 Å². The van der Waals surface area contributed by atoms with E-state index >= 15 is 0 Å². The molecular formula is C23H27N3O2S. The SMILES string of the molecule is C[C@H](NC(=O)C(=O)Nc1nc(C23CC4CC(CC(C4)C2)C3)cs1)c1ccccc1. The minimum Gasteiger partial charge on any atom is -0.341 e. The first-order valence-corrected chi connectivity index (χ1v) is 11.5. The Kier molecular flexibility index (Phi) is 4.69. The van der Waals surface area contributed by atoms with Gasteiger partial charge in [-0.2, -0.15) is 0 Å². The molecular weight excluding hydrogens is 382 g/mol. The molecule has 6 heteroatoms. The van der Waals surface area contributed by atoms with Crippen LogP contribution in [0.3, 0.4) is 0 Å². The highest BCUT2D eigenvalue weighted by Crippen LogP contribution is 2.60. The van der Waals surface area contributed by atoms with E-state index in [0.717, 1.165) is 29.0 Å². The van der Waals surface area contributed by atoms with Gasteiger partial charge in [-0.3, -0.25) is 14.9 Å². The summed E-state index contributed by atoms with van der Waals surface area (Å²) in [5.74, 6) is 1.27. The van der Waals surface area contributed by atoms with Gasteiger partial charge in [0.05, 0.1) is 11.7 Å². The molecule has 4 fully saturated rings. The molecule has 1 aromatic carbocycles. The normalized spacial score (nSPS) is 30.7. The quantitative estimate of drug-likeness (QED) is 0.734. The van der Waals surface area contributed by atoms with Crippen LogP contribution in [0.4, 0.5) is 5.13 Å². The van der Waals surface area contributed by atoms with Crippen LogP contribution in [0, 0.1) is 17.8 Å². The lowest BCUT2D eigenvalue weighted by Gasteiger charge is -2.56. The van der Waals surface area contributed by atoms with Gasteiger partial charge < -0.3 is 5.32 Å². The minimum atomic E-state index is -0.654. The van der Waals surface area contributed by atoms with Gasteiger partial charge in [-0.25, -0.2) is 4.98 Å². The Bertz CT molecular complexity index is 888. The third kappa shape index (κ3) is 3.59. The van der Waals surface area contributed by atoms with Crippen molar-refractivity contribution in [2.75, 3.05) is 5.32 Å². The monoisotopic (exact) mass is 409 g/mol. The van der Waals surface area contributed by atoms with E-state index in [2.05, 4.69) is 16.0 Å². The van der Waals surface area contributed by atoms with Crippen molar-refractivity contribution in [1.29, 1.82) is 0 Å². The smallest absolute Gasteiger partial charge is 0.315 e. The number of hydrogen-bond acceptors (Lipinski definition) is 4. The van der Waals surface area contributed by atoms with Gasteiger partial charge in [-0.05, 0) is 68.8 Å². The second-order valence-electron chi connectivity index (χ2n) is 9.30. The first kappa shape index (κ1) is 18.8. The summed E-state index contributed by atoms with van der Waals surface area (Å²) in [5, 5.41) is 8.10. The van der Waals surface area contributed by atoms with E-state index in [9.17, 15) is 9.59 Å². The lowest BCUT2D eigenvalue weighted by atomic mass is 9.49. The van der Waals surface area contributed by atoms with E-state index in [1.165, 1.54) is 49.9 Å². The van der Waals surface area contributed by atoms with Crippen LogP contribution in [-0.4, -0.2) is 16.8 Å². The maximum atomic E-state index is 12.4. The van der Waals surface area contributed by atoms with Gasteiger partial charge in [-0.1, -0.05) is 30.3 Å². The summed E-state index contributed by atoms with van der Waals surface area (Å²) in [6.45, 7) is 1.87. The highest BCUT2D eigenvalue weighted by molar-refractivity contribution is 7.14. The summed E-state index contributed by atoms with van der Waals surface area (Å²) in [6.07, 6.45) is 7.91. The van der Waals surface area contributed by atoms with Crippen LogP contribution in [-0.2, 0) is 15.0 Å². The van der Waals surface area contributed by atoms with Crippen molar-refractivity contribution in [2.24, 2.45) is 17.8 Å². The number of thiazole rings is 1. The van der Waals surface area contributed by atoms with Gasteiger partial charge >= 0.3 is 11.8 Å². The number of rotatable bonds is 4. The van der Waals surface area contributed by atoms with Crippen molar-refractivity contribution in [2.45, 2.75) is 56.9 Å². The van der Waals surface area contributed by atoms with E-state index in [4.69, 9.17) is 4.98 Å². The number of carbonyl (C=O) groups is 2. The first-order valence-electron chi connectivity index (χ1n) is 10.6. The summed E-state index contributed by atoms with van der Waals surface area (Å²) in [6, 6.07) is 9.39. The molecule has 1 aromatic heterocycles. The Morgan fingerprint density at radius 3 is 2.28 bits per heavy atom. The topological polar surface area (TPSA) is 71.1 Å². The predicted octanol–water partition coefficient (Wildman–Crippen LogP) is 4.43. The molecule has 1 atom stereocenters. The molecule has 1 heterocycles. The van der Waals surface area contributed by atoms with Gasteiger partial charge in [0.25, 0.3) is 0 Å². The second-order valence-corrected chi connectivity index (χ2v) is 10.2. The molecule has 4 saturated carbocycles. The van der Waals surface area contributed by atoms with Gasteiger partial charge in [0, 0.05) is 10.8 Å². The van der Waals surface area contributed by atoms with Crippen LogP contribution < -0.4 is 10.6 Å². The van der Waals surface area contributed by atoms with Crippen LogP contribution >= 0.6 is 11.3 Å². The molecule has 2 N–H and O–H groups in total. The van der Waals surface area contributed by atoms with E-state index in [-0.39, 0.29) is 11.5 Å². The highest BCUT2D eigenvalue weighted by Gasteiger charge is 2.52. The molecule has 0 radical (unpaired) electrons. The Morgan fingerprint density at radius 1 is 1.03 bits per heavy atom. The van der Waals surface area contributed by atoms with Crippen LogP contribution in [0.25, 0.3) is 0 Å². The molecule has 2 aromatic rings. The number of benzene rings is 1. The zero-order valence-corrected chi connectivity index (χ0v) is 17.5. The number of nitrogens with zero attached hydrogens (tertiary/aromatic N) is 1. The summed E-state index contributed by atoms with van der Waals surface area (Å²) in [7, 11) is 0. The van der Waals surface area contributed by atoms with Crippen LogP contribution in [0.15, 0.2) is 35.7 Å². The van der Waals surface area contributed by atoms with Crippen molar-refractivity contribution in [1.82, 2.24) is 10.3 Å². The lowest BCUT2D eigenvalue weighted by molar-refractivity contribution is -0.136. The lowest BCUT2D eigenvalue weighted by Crippen LogP contribution is -2.48. The average molecular weight is 410 g/mol. The Morgan fingerprint density at radius 2 is 1.66 bits per heavy atom. The van der Waals surface area contributed by atoms with Crippen molar-refractivity contribution in [3.8, 4) is 0 Å². The molecule has 4 aliphatic rings. The van der Waals surface area contributed by atoms with E-state index < -0.39 is 11.8 Å². The van der Waals surface area contributed by atoms with Crippen molar-refractivity contribution in [3.63, 3.8) is 0 Å². The van der Waals surface area contributed by atoms with Crippen LogP contribution in [0.2, 0.25) is 0 Å². The minimum absolute atomic E-state index is 0.207. The zero-order chi connectivity index (χ0) is 20.0. The molecule has 4 aliphatic carbocycles. The number of carbonyl (C=O) groups excluding carboxylic acids is 2. The number of hydrogen-bond donors (Lipinski definition) is 2. The fourth-order valence-electron chi connectivity index (χ4n) is 6.24. The molecule has 2 amide bonds. The van der Waals surface area contributed by atoms with Gasteiger partial charge in [0.1, 0.15) is 0 Å². The van der Waals surface area contributed by atoms with E-state index in [1.54, 1.807) is 0 Å². The van der Waals surface area contributed by atoms with E-state index in [0.29, 0.717) is 5.13 Å². The molecule has 0 saturated heterocycles. The standard InChI is InChI=1S/C23H27N3O2S/c1-14(18-5-3-2-4-6-18)24-20(27)21(28)26-22-25-19(13-29-22)23-10-15-7-16(11-23)9-17(8-15)12-23/h2-6,13-17H,7-12H2,1H3,(H,24,27)(H,25,26,28)/t14-,15?,16?,17?,23?/m0/s1. The summed E-state index contributed by atoms with van der Waals surface area (Å²) >= 11 is 1.44. The highest BCUT2D eigenvalue weighted by atomic mass is 32.1. The maximum Gasteiger partial charge on any atom is 0.315 e. The second kappa shape index (κ2) is 7.24. The van der Waals surface area contributed by atoms with E-state index in [1.807, 2.05) is 37.3 Å². The van der Waals surface area contributed by atoms with Crippen molar-refractivity contribution in [3.05, 3.63) is 47.0 Å². The molecule has 0 unspecified atom stereocenters. The largest absolute Gasteiger partial charge is 0.341 e. The average Bonchev–Trinajstić information content (AvgIpc) is 3.17. The van der Waals surface area contributed by atoms with Gasteiger partial charge in [-0.15, -0.1) is 11.3 Å². The number of aromatic nitrogens is 1. The number of nitrogens with one attached hydrogen (secondary N) is 2. The van der Waals surface area contributed by atoms with Crippen LogP contribution in [0.1, 0.15) is 62.7 Å². The molecule has 0 spiro atoms. The first-order chi connectivity index (χ1) is 14.0. The third-order valence-electron chi connectivity index (χ3n) is 7.16. The Labute approximate surface area is 175 Å². The molecule has 29 heavy (non-hydrogen) atoms. The third-order valence-corrected chi connectivity index (χ3v) is 7.92. The summed E-state index contributed by atoms with van der Waals surface area (Å²) < 4.78 is 0. The molecule has 152 valence electrons. The molecule has 0 aliphatic heterocycles. The van der Waals surface area contributed by atoms with Crippen molar-refractivity contribution >= 4 is 28.3 Å². The Hall–Kier alpha value is -2.21. The molecule has 5 nitrogen and oxygen atoms in total. The summed E-state index contributed by atoms with van der Waals surface area (Å²) in [4.78, 5) is 29.5. The number of anilines is 1. The van der Waals surface area contributed by atoms with Gasteiger partial charge in [0.2, 0.25) is 0 Å². The van der Waals surface area contributed by atoms with Gasteiger partial charge in [0.15, 0.2) is 5.13 Å². The fraction of sp³-hybridized carbons (Fsp3) is 0.522. The molecule has 6 rings (SSSR count). The fourth-order valence-corrected chi connectivity index (χ4v) is 7.07. The zero-order valence-electron chi connectivity index (χ0n) is 16.7. The maximum absolute atomic E-state index is 12.4. The number of amides is 2. The van der Waals surface area contributed by atoms with Crippen molar-refractivity contribution < 1.29 is 9.59 Å². The predicted molar refractivity (Wildman–Crippen MR) is 114 cm³/mol. The molecule has 4 bridgehead atoms.